The number of carbonyl (C=O) groups excluding carboxylic acids is 1. The van der Waals surface area contributed by atoms with E-state index in [9.17, 15) is 14.9 Å². The van der Waals surface area contributed by atoms with Crippen molar-refractivity contribution in [3.63, 3.8) is 0 Å². The SMILES string of the molecule is COC(=O)C(C)=NNc1ccc([N+](=O)[O-])cc1OC. The van der Waals surface area contributed by atoms with E-state index in [-0.39, 0.29) is 17.1 Å². The Hall–Kier alpha value is -2.64. The Morgan fingerprint density at radius 1 is 1.42 bits per heavy atom. The molecule has 0 saturated heterocycles. The van der Waals surface area contributed by atoms with Gasteiger partial charge in [0.25, 0.3) is 5.69 Å². The van der Waals surface area contributed by atoms with Crippen LogP contribution in [0.5, 0.6) is 5.75 Å². The summed E-state index contributed by atoms with van der Waals surface area (Å²) in [6, 6.07) is 3.99. The molecule has 0 unspecified atom stereocenters. The summed E-state index contributed by atoms with van der Waals surface area (Å²) in [4.78, 5) is 21.2. The van der Waals surface area contributed by atoms with Gasteiger partial charge < -0.3 is 9.47 Å². The van der Waals surface area contributed by atoms with Gasteiger partial charge in [0.05, 0.1) is 30.9 Å². The van der Waals surface area contributed by atoms with Gasteiger partial charge in [0, 0.05) is 6.07 Å². The average Bonchev–Trinajstić information content (AvgIpc) is 2.43. The molecule has 0 radical (unpaired) electrons. The topological polar surface area (TPSA) is 103 Å². The number of ether oxygens (including phenoxy) is 2. The van der Waals surface area contributed by atoms with Gasteiger partial charge in [-0.3, -0.25) is 15.5 Å². The zero-order chi connectivity index (χ0) is 14.4. The Balaban J connectivity index is 2.96. The van der Waals surface area contributed by atoms with Crippen LogP contribution in [0.25, 0.3) is 0 Å². The second kappa shape index (κ2) is 6.34. The highest BCUT2D eigenvalue weighted by Gasteiger charge is 2.11. The maximum Gasteiger partial charge on any atom is 0.353 e. The quantitative estimate of drug-likeness (QED) is 0.376. The van der Waals surface area contributed by atoms with E-state index in [1.807, 2.05) is 0 Å². The molecule has 0 aliphatic heterocycles. The van der Waals surface area contributed by atoms with E-state index < -0.39 is 10.9 Å². The molecule has 0 spiro atoms. The number of non-ortho nitro benzene ring substituents is 1. The highest BCUT2D eigenvalue weighted by Crippen LogP contribution is 2.28. The van der Waals surface area contributed by atoms with E-state index in [4.69, 9.17) is 4.74 Å². The van der Waals surface area contributed by atoms with Crippen LogP contribution in [0, 0.1) is 10.1 Å². The second-order valence-corrected chi connectivity index (χ2v) is 3.44. The van der Waals surface area contributed by atoms with Crippen LogP contribution in [0.4, 0.5) is 11.4 Å². The Morgan fingerprint density at radius 2 is 2.11 bits per heavy atom. The van der Waals surface area contributed by atoms with Gasteiger partial charge in [0.2, 0.25) is 0 Å². The Labute approximate surface area is 109 Å². The van der Waals surface area contributed by atoms with Gasteiger partial charge in [0.15, 0.2) is 5.75 Å². The first-order valence-electron chi connectivity index (χ1n) is 5.20. The number of nitro benzene ring substituents is 1. The summed E-state index contributed by atoms with van der Waals surface area (Å²) in [5.74, 6) is -0.330. The molecule has 19 heavy (non-hydrogen) atoms. The van der Waals surface area contributed by atoms with Crippen LogP contribution in [-0.2, 0) is 9.53 Å². The summed E-state index contributed by atoms with van der Waals surface area (Å²) in [6.45, 7) is 1.47. The molecule has 1 rings (SSSR count). The monoisotopic (exact) mass is 267 g/mol. The lowest BCUT2D eigenvalue weighted by Crippen LogP contribution is -2.13. The maximum absolute atomic E-state index is 11.1. The molecule has 1 N–H and O–H groups in total. The molecule has 0 aromatic heterocycles. The lowest BCUT2D eigenvalue weighted by atomic mass is 10.2. The van der Waals surface area contributed by atoms with Gasteiger partial charge in [-0.05, 0) is 13.0 Å². The summed E-state index contributed by atoms with van der Waals surface area (Å²) < 4.78 is 9.48. The van der Waals surface area contributed by atoms with E-state index in [0.29, 0.717) is 5.69 Å². The van der Waals surface area contributed by atoms with Crippen molar-refractivity contribution in [2.24, 2.45) is 5.10 Å². The molecular weight excluding hydrogens is 254 g/mol. The van der Waals surface area contributed by atoms with Crippen molar-refractivity contribution in [3.05, 3.63) is 28.3 Å². The van der Waals surface area contributed by atoms with Gasteiger partial charge in [0.1, 0.15) is 5.71 Å². The third-order valence-electron chi connectivity index (χ3n) is 2.22. The number of rotatable bonds is 5. The minimum absolute atomic E-state index is 0.101. The normalized spacial score (nSPS) is 10.8. The van der Waals surface area contributed by atoms with Crippen LogP contribution in [0.1, 0.15) is 6.92 Å². The number of methoxy groups -OCH3 is 2. The highest BCUT2D eigenvalue weighted by molar-refractivity contribution is 6.35. The molecule has 0 atom stereocenters. The Morgan fingerprint density at radius 3 is 2.63 bits per heavy atom. The molecule has 0 aliphatic rings. The standard InChI is InChI=1S/C11H13N3O5/c1-7(11(15)19-3)12-13-9-5-4-8(14(16)17)6-10(9)18-2/h4-6,13H,1-3H3. The highest BCUT2D eigenvalue weighted by atomic mass is 16.6. The van der Waals surface area contributed by atoms with E-state index in [0.717, 1.165) is 0 Å². The first-order valence-corrected chi connectivity index (χ1v) is 5.20. The molecule has 0 saturated carbocycles. The number of esters is 1. The summed E-state index contributed by atoms with van der Waals surface area (Å²) >= 11 is 0. The number of nitro groups is 1. The smallest absolute Gasteiger partial charge is 0.353 e. The maximum atomic E-state index is 11.1. The van der Waals surface area contributed by atoms with Gasteiger partial charge in [-0.2, -0.15) is 5.10 Å². The Bertz CT molecular complexity index is 527. The molecular formula is C11H13N3O5. The molecule has 8 heteroatoms. The number of nitrogens with one attached hydrogen (secondary N) is 1. The van der Waals surface area contributed by atoms with Gasteiger partial charge >= 0.3 is 5.97 Å². The fourth-order valence-corrected chi connectivity index (χ4v) is 1.22. The molecule has 8 nitrogen and oxygen atoms in total. The number of benzene rings is 1. The largest absolute Gasteiger partial charge is 0.494 e. The third kappa shape index (κ3) is 3.66. The minimum Gasteiger partial charge on any atom is -0.494 e. The van der Waals surface area contributed by atoms with Crippen molar-refractivity contribution in [2.75, 3.05) is 19.6 Å². The summed E-state index contributed by atoms with van der Waals surface area (Å²) in [5, 5.41) is 14.4. The lowest BCUT2D eigenvalue weighted by Gasteiger charge is -2.07. The van der Waals surface area contributed by atoms with Crippen LogP contribution in [0.2, 0.25) is 0 Å². The second-order valence-electron chi connectivity index (χ2n) is 3.44. The van der Waals surface area contributed by atoms with E-state index >= 15 is 0 Å². The summed E-state index contributed by atoms with van der Waals surface area (Å²) in [6.07, 6.45) is 0. The van der Waals surface area contributed by atoms with Gasteiger partial charge in [-0.15, -0.1) is 0 Å². The zero-order valence-electron chi connectivity index (χ0n) is 10.7. The van der Waals surface area contributed by atoms with Crippen LogP contribution in [0.15, 0.2) is 23.3 Å². The number of anilines is 1. The predicted molar refractivity (Wildman–Crippen MR) is 68.4 cm³/mol. The van der Waals surface area contributed by atoms with E-state index in [1.165, 1.54) is 39.3 Å². The molecule has 0 fully saturated rings. The van der Waals surface area contributed by atoms with E-state index in [1.54, 1.807) is 0 Å². The lowest BCUT2D eigenvalue weighted by molar-refractivity contribution is -0.384. The molecule has 0 heterocycles. The van der Waals surface area contributed by atoms with Crippen molar-refractivity contribution in [1.29, 1.82) is 0 Å². The average molecular weight is 267 g/mol. The first-order chi connectivity index (χ1) is 8.99. The molecule has 0 aliphatic carbocycles. The van der Waals surface area contributed by atoms with Crippen molar-refractivity contribution < 1.29 is 19.2 Å². The fraction of sp³-hybridized carbons (Fsp3) is 0.273. The van der Waals surface area contributed by atoms with Crippen LogP contribution < -0.4 is 10.2 Å². The first kappa shape index (κ1) is 14.4. The number of carbonyl (C=O) groups is 1. The van der Waals surface area contributed by atoms with Gasteiger partial charge in [-0.25, -0.2) is 4.79 Å². The fourth-order valence-electron chi connectivity index (χ4n) is 1.22. The van der Waals surface area contributed by atoms with Crippen LogP contribution in [0.3, 0.4) is 0 Å². The molecule has 0 bridgehead atoms. The molecule has 1 aromatic rings. The van der Waals surface area contributed by atoms with Gasteiger partial charge in [-0.1, -0.05) is 0 Å². The number of hydrazone groups is 1. The predicted octanol–water partition coefficient (Wildman–Crippen LogP) is 1.56. The zero-order valence-corrected chi connectivity index (χ0v) is 10.7. The third-order valence-corrected chi connectivity index (χ3v) is 2.22. The van der Waals surface area contributed by atoms with Crippen LogP contribution in [-0.4, -0.2) is 30.8 Å². The van der Waals surface area contributed by atoms with Crippen LogP contribution >= 0.6 is 0 Å². The van der Waals surface area contributed by atoms with Crippen molar-refractivity contribution in [3.8, 4) is 5.75 Å². The molecule has 1 aromatic carbocycles. The summed E-state index contributed by atoms with van der Waals surface area (Å²) in [7, 11) is 2.62. The van der Waals surface area contributed by atoms with E-state index in [2.05, 4.69) is 15.3 Å². The molecule has 0 amide bonds. The summed E-state index contributed by atoms with van der Waals surface area (Å²) in [5.41, 5.74) is 3.00. The van der Waals surface area contributed by atoms with Crippen molar-refractivity contribution in [2.45, 2.75) is 6.92 Å². The number of nitrogens with zero attached hydrogens (tertiary/aromatic N) is 2. The van der Waals surface area contributed by atoms with Crippen molar-refractivity contribution >= 4 is 23.1 Å². The van der Waals surface area contributed by atoms with Crippen molar-refractivity contribution in [1.82, 2.24) is 0 Å². The molecule has 102 valence electrons. The minimum atomic E-state index is -0.576. The Kier molecular flexibility index (Phi) is 4.81. The number of hydrogen-bond donors (Lipinski definition) is 1. The number of hydrogen-bond acceptors (Lipinski definition) is 7.